The monoisotopic (exact) mass is 179 g/mol. The van der Waals surface area contributed by atoms with E-state index in [1.54, 1.807) is 19.2 Å². The minimum Gasteiger partial charge on any atom is -0.336 e. The van der Waals surface area contributed by atoms with Gasteiger partial charge in [0.25, 0.3) is 5.91 Å². The minimum atomic E-state index is -0.353. The molecule has 0 aromatic carbocycles. The predicted molar refractivity (Wildman–Crippen MR) is 50.1 cm³/mol. The Morgan fingerprint density at radius 1 is 1.69 bits per heavy atom. The zero-order chi connectivity index (χ0) is 9.84. The Labute approximate surface area is 77.2 Å². The lowest BCUT2D eigenvalue weighted by atomic mass is 10.2. The highest BCUT2D eigenvalue weighted by Crippen LogP contribution is 2.02. The summed E-state index contributed by atoms with van der Waals surface area (Å²) >= 11 is 0. The van der Waals surface area contributed by atoms with E-state index in [1.165, 1.54) is 0 Å². The minimum absolute atomic E-state index is 0.229. The van der Waals surface area contributed by atoms with Crippen molar-refractivity contribution in [3.63, 3.8) is 0 Å². The number of hydrogen-bond acceptors (Lipinski definition) is 3. The maximum absolute atomic E-state index is 11.4. The van der Waals surface area contributed by atoms with Crippen LogP contribution < -0.4 is 11.1 Å². The van der Waals surface area contributed by atoms with E-state index in [0.29, 0.717) is 5.69 Å². The van der Waals surface area contributed by atoms with E-state index in [2.05, 4.69) is 10.3 Å². The lowest BCUT2D eigenvalue weighted by Crippen LogP contribution is -2.39. The fourth-order valence-electron chi connectivity index (χ4n) is 0.999. The maximum Gasteiger partial charge on any atom is 0.271 e. The molecule has 4 heteroatoms. The van der Waals surface area contributed by atoms with Gasteiger partial charge in [-0.3, -0.25) is 9.78 Å². The summed E-state index contributed by atoms with van der Waals surface area (Å²) in [6.07, 6.45) is 1.23. The highest BCUT2D eigenvalue weighted by molar-refractivity contribution is 5.93. The molecule has 1 aromatic heterocycles. The molecule has 0 aliphatic heterocycles. The standard InChI is InChI=1S/C9H13N3O/c1-6-4-3-5-11-8(6)9(13)12-7(2)10/h3-5,7H,10H2,1-2H3,(H,12,13). The largest absolute Gasteiger partial charge is 0.336 e. The van der Waals surface area contributed by atoms with Crippen molar-refractivity contribution in [2.45, 2.75) is 20.0 Å². The van der Waals surface area contributed by atoms with E-state index in [9.17, 15) is 4.79 Å². The van der Waals surface area contributed by atoms with Gasteiger partial charge in [0, 0.05) is 6.20 Å². The summed E-state index contributed by atoms with van der Waals surface area (Å²) in [5, 5.41) is 2.58. The summed E-state index contributed by atoms with van der Waals surface area (Å²) < 4.78 is 0. The van der Waals surface area contributed by atoms with Crippen LogP contribution in [0.2, 0.25) is 0 Å². The summed E-state index contributed by atoms with van der Waals surface area (Å²) in [4.78, 5) is 15.4. The van der Waals surface area contributed by atoms with Crippen molar-refractivity contribution >= 4 is 5.91 Å². The van der Waals surface area contributed by atoms with Crippen molar-refractivity contribution in [1.29, 1.82) is 0 Å². The molecule has 1 amide bonds. The van der Waals surface area contributed by atoms with E-state index < -0.39 is 0 Å². The number of carbonyl (C=O) groups excluding carboxylic acids is 1. The first kappa shape index (κ1) is 9.67. The number of nitrogens with two attached hydrogens (primary N) is 1. The van der Waals surface area contributed by atoms with Crippen molar-refractivity contribution in [1.82, 2.24) is 10.3 Å². The smallest absolute Gasteiger partial charge is 0.271 e. The van der Waals surface area contributed by atoms with Gasteiger partial charge in [-0.15, -0.1) is 0 Å². The molecule has 1 heterocycles. The average Bonchev–Trinajstić information content (AvgIpc) is 2.03. The number of amides is 1. The second-order valence-electron chi connectivity index (χ2n) is 2.93. The predicted octanol–water partition coefficient (Wildman–Crippen LogP) is 0.425. The number of aryl methyl sites for hydroxylation is 1. The molecule has 4 nitrogen and oxygen atoms in total. The normalized spacial score (nSPS) is 12.2. The third-order valence-electron chi connectivity index (χ3n) is 1.58. The van der Waals surface area contributed by atoms with Crippen molar-refractivity contribution < 1.29 is 4.79 Å². The Balaban J connectivity index is 2.83. The Kier molecular flexibility index (Phi) is 2.97. The van der Waals surface area contributed by atoms with Crippen LogP contribution in [0.1, 0.15) is 23.0 Å². The molecule has 1 rings (SSSR count). The third-order valence-corrected chi connectivity index (χ3v) is 1.58. The molecule has 1 aromatic rings. The van der Waals surface area contributed by atoms with Crippen molar-refractivity contribution in [2.75, 3.05) is 0 Å². The fraction of sp³-hybridized carbons (Fsp3) is 0.333. The first-order valence-electron chi connectivity index (χ1n) is 4.09. The van der Waals surface area contributed by atoms with Gasteiger partial charge < -0.3 is 11.1 Å². The Bertz CT molecular complexity index is 309. The summed E-state index contributed by atoms with van der Waals surface area (Å²) in [5.41, 5.74) is 6.70. The molecular formula is C9H13N3O. The molecule has 0 aliphatic carbocycles. The molecule has 0 spiro atoms. The first-order chi connectivity index (χ1) is 6.11. The molecule has 1 atom stereocenters. The zero-order valence-electron chi connectivity index (χ0n) is 7.74. The van der Waals surface area contributed by atoms with Crippen LogP contribution in [0.25, 0.3) is 0 Å². The molecular weight excluding hydrogens is 166 g/mol. The van der Waals surface area contributed by atoms with Gasteiger partial charge >= 0.3 is 0 Å². The Hall–Kier alpha value is -1.42. The number of nitrogens with one attached hydrogen (secondary N) is 1. The highest BCUT2D eigenvalue weighted by atomic mass is 16.2. The summed E-state index contributed by atoms with van der Waals surface area (Å²) in [7, 11) is 0. The lowest BCUT2D eigenvalue weighted by Gasteiger charge is -2.08. The van der Waals surface area contributed by atoms with Crippen LogP contribution >= 0.6 is 0 Å². The summed E-state index contributed by atoms with van der Waals surface area (Å²) in [6, 6.07) is 3.63. The highest BCUT2D eigenvalue weighted by Gasteiger charge is 2.10. The van der Waals surface area contributed by atoms with Crippen LogP contribution in [0.15, 0.2) is 18.3 Å². The van der Waals surface area contributed by atoms with Crippen molar-refractivity contribution in [2.24, 2.45) is 5.73 Å². The third kappa shape index (κ3) is 2.52. The van der Waals surface area contributed by atoms with Crippen LogP contribution in [0.4, 0.5) is 0 Å². The molecule has 0 fully saturated rings. The molecule has 0 radical (unpaired) electrons. The van der Waals surface area contributed by atoms with Gasteiger partial charge in [0.2, 0.25) is 0 Å². The number of nitrogens with zero attached hydrogens (tertiary/aromatic N) is 1. The van der Waals surface area contributed by atoms with E-state index in [4.69, 9.17) is 5.73 Å². The first-order valence-corrected chi connectivity index (χ1v) is 4.09. The Morgan fingerprint density at radius 2 is 2.38 bits per heavy atom. The molecule has 1 unspecified atom stereocenters. The maximum atomic E-state index is 11.4. The van der Waals surface area contributed by atoms with Crippen LogP contribution in [0.5, 0.6) is 0 Å². The number of aromatic nitrogens is 1. The lowest BCUT2D eigenvalue weighted by molar-refractivity contribution is 0.0935. The second-order valence-corrected chi connectivity index (χ2v) is 2.93. The molecule has 3 N–H and O–H groups in total. The zero-order valence-corrected chi connectivity index (χ0v) is 7.74. The van der Waals surface area contributed by atoms with Crippen LogP contribution in [0, 0.1) is 6.92 Å². The van der Waals surface area contributed by atoms with Crippen LogP contribution in [-0.2, 0) is 0 Å². The van der Waals surface area contributed by atoms with Crippen LogP contribution in [-0.4, -0.2) is 17.1 Å². The van der Waals surface area contributed by atoms with Crippen LogP contribution in [0.3, 0.4) is 0 Å². The molecule has 0 saturated carbocycles. The van der Waals surface area contributed by atoms with Crippen molar-refractivity contribution in [3.8, 4) is 0 Å². The number of pyridine rings is 1. The SMILES string of the molecule is Cc1cccnc1C(=O)NC(C)N. The quantitative estimate of drug-likeness (QED) is 0.647. The number of rotatable bonds is 2. The molecule has 70 valence electrons. The van der Waals surface area contributed by atoms with E-state index in [0.717, 1.165) is 5.56 Å². The summed E-state index contributed by atoms with van der Waals surface area (Å²) in [6.45, 7) is 3.54. The molecule has 0 bridgehead atoms. The van der Waals surface area contributed by atoms with E-state index in [-0.39, 0.29) is 12.1 Å². The van der Waals surface area contributed by atoms with E-state index >= 15 is 0 Å². The van der Waals surface area contributed by atoms with Crippen molar-refractivity contribution in [3.05, 3.63) is 29.6 Å². The average molecular weight is 179 g/mol. The topological polar surface area (TPSA) is 68.0 Å². The molecule has 0 saturated heterocycles. The van der Waals surface area contributed by atoms with Gasteiger partial charge in [0.1, 0.15) is 5.69 Å². The fourth-order valence-corrected chi connectivity index (χ4v) is 0.999. The van der Waals surface area contributed by atoms with Gasteiger partial charge in [-0.2, -0.15) is 0 Å². The molecule has 0 aliphatic rings. The molecule has 13 heavy (non-hydrogen) atoms. The Morgan fingerprint density at radius 3 is 2.92 bits per heavy atom. The summed E-state index contributed by atoms with van der Waals surface area (Å²) in [5.74, 6) is -0.229. The van der Waals surface area contributed by atoms with Gasteiger partial charge in [0.05, 0.1) is 6.17 Å². The van der Waals surface area contributed by atoms with E-state index in [1.807, 2.05) is 13.0 Å². The van der Waals surface area contributed by atoms with Gasteiger partial charge in [0.15, 0.2) is 0 Å². The van der Waals surface area contributed by atoms with Gasteiger partial charge in [-0.1, -0.05) is 6.07 Å². The van der Waals surface area contributed by atoms with Gasteiger partial charge in [-0.05, 0) is 25.5 Å². The second kappa shape index (κ2) is 4.00. The number of hydrogen-bond donors (Lipinski definition) is 2. The van der Waals surface area contributed by atoms with Gasteiger partial charge in [-0.25, -0.2) is 0 Å². The number of carbonyl (C=O) groups is 1.